The van der Waals surface area contributed by atoms with E-state index in [1.54, 1.807) is 0 Å². The average Bonchev–Trinajstić information content (AvgIpc) is 2.45. The average molecular weight is 156 g/mol. The quantitative estimate of drug-likeness (QED) is 0.597. The lowest BCUT2D eigenvalue weighted by Crippen LogP contribution is -2.30. The van der Waals surface area contributed by atoms with Crippen LogP contribution in [0.1, 0.15) is 47.5 Å². The summed E-state index contributed by atoms with van der Waals surface area (Å²) >= 11 is 0. The maximum Gasteiger partial charge on any atom is 0.0660 e. The van der Waals surface area contributed by atoms with Crippen molar-refractivity contribution in [2.24, 2.45) is 5.41 Å². The first-order valence-electron chi connectivity index (χ1n) is 4.51. The van der Waals surface area contributed by atoms with Gasteiger partial charge in [0.1, 0.15) is 0 Å². The van der Waals surface area contributed by atoms with Gasteiger partial charge in [0.05, 0.1) is 11.7 Å². The molecule has 0 radical (unpaired) electrons. The van der Waals surface area contributed by atoms with Crippen LogP contribution >= 0.6 is 0 Å². The molecule has 0 heterocycles. The predicted molar refractivity (Wildman–Crippen MR) is 47.6 cm³/mol. The third-order valence-corrected chi connectivity index (χ3v) is 2.63. The Kier molecular flexibility index (Phi) is 2.04. The minimum absolute atomic E-state index is 0.229. The highest BCUT2D eigenvalue weighted by Crippen LogP contribution is 2.42. The van der Waals surface area contributed by atoms with Crippen LogP contribution in [0.25, 0.3) is 0 Å². The summed E-state index contributed by atoms with van der Waals surface area (Å²) in [5.41, 5.74) is 0.512. The second-order valence-corrected chi connectivity index (χ2v) is 5.08. The maximum atomic E-state index is 5.91. The molecule has 0 aromatic heterocycles. The molecule has 0 unspecified atom stereocenters. The summed E-state index contributed by atoms with van der Waals surface area (Å²) in [5, 5.41) is 0. The van der Waals surface area contributed by atoms with Crippen molar-refractivity contribution in [2.45, 2.75) is 59.2 Å². The van der Waals surface area contributed by atoms with Gasteiger partial charge in [0, 0.05) is 0 Å². The van der Waals surface area contributed by atoms with Gasteiger partial charge in [-0.2, -0.15) is 0 Å². The Labute approximate surface area is 70.1 Å². The zero-order valence-electron chi connectivity index (χ0n) is 8.40. The lowest BCUT2D eigenvalue weighted by Gasteiger charge is -2.30. The van der Waals surface area contributed by atoms with Gasteiger partial charge < -0.3 is 4.74 Å². The standard InChI is InChI=1S/C10H20O/c1-8(9(2,3)4)11-10(5)6-7-10/h8H,6-7H2,1-5H3/t8-/m0/s1. The molecule has 1 atom stereocenters. The minimum atomic E-state index is 0.229. The highest BCUT2D eigenvalue weighted by molar-refractivity contribution is 4.92. The van der Waals surface area contributed by atoms with Crippen LogP contribution in [0, 0.1) is 5.41 Å². The van der Waals surface area contributed by atoms with E-state index in [2.05, 4.69) is 34.6 Å². The van der Waals surface area contributed by atoms with Crippen LogP contribution in [-0.4, -0.2) is 11.7 Å². The molecule has 1 aliphatic carbocycles. The molecule has 1 heteroatoms. The smallest absolute Gasteiger partial charge is 0.0660 e. The molecule has 0 N–H and O–H groups in total. The number of hydrogen-bond donors (Lipinski definition) is 0. The minimum Gasteiger partial charge on any atom is -0.372 e. The molecule has 0 aromatic carbocycles. The Balaban J connectivity index is 2.37. The SMILES string of the molecule is C[C@H](OC1(C)CC1)C(C)(C)C. The molecule has 0 bridgehead atoms. The van der Waals surface area contributed by atoms with E-state index >= 15 is 0 Å². The van der Waals surface area contributed by atoms with Gasteiger partial charge in [0.2, 0.25) is 0 Å². The Hall–Kier alpha value is -0.0400. The van der Waals surface area contributed by atoms with E-state index in [4.69, 9.17) is 4.74 Å². The van der Waals surface area contributed by atoms with Crippen LogP contribution in [0.2, 0.25) is 0 Å². The van der Waals surface area contributed by atoms with Gasteiger partial charge in [-0.15, -0.1) is 0 Å². The monoisotopic (exact) mass is 156 g/mol. The third-order valence-electron chi connectivity index (χ3n) is 2.63. The number of hydrogen-bond acceptors (Lipinski definition) is 1. The molecule has 0 saturated heterocycles. The van der Waals surface area contributed by atoms with E-state index in [0.717, 1.165) is 0 Å². The molecule has 1 rings (SSSR count). The molecule has 1 aliphatic rings. The van der Waals surface area contributed by atoms with Gasteiger partial charge in [0.25, 0.3) is 0 Å². The van der Waals surface area contributed by atoms with Crippen molar-refractivity contribution in [1.29, 1.82) is 0 Å². The van der Waals surface area contributed by atoms with Crippen molar-refractivity contribution in [2.75, 3.05) is 0 Å². The van der Waals surface area contributed by atoms with Crippen molar-refractivity contribution in [3.8, 4) is 0 Å². The maximum absolute atomic E-state index is 5.91. The lowest BCUT2D eigenvalue weighted by molar-refractivity contribution is -0.0620. The van der Waals surface area contributed by atoms with E-state index in [1.807, 2.05) is 0 Å². The van der Waals surface area contributed by atoms with Gasteiger partial charge in [-0.3, -0.25) is 0 Å². The van der Waals surface area contributed by atoms with E-state index < -0.39 is 0 Å². The van der Waals surface area contributed by atoms with Crippen molar-refractivity contribution < 1.29 is 4.74 Å². The van der Waals surface area contributed by atoms with Crippen molar-refractivity contribution in [3.05, 3.63) is 0 Å². The summed E-state index contributed by atoms with van der Waals surface area (Å²) in [6, 6.07) is 0. The van der Waals surface area contributed by atoms with Crippen molar-refractivity contribution in [1.82, 2.24) is 0 Å². The summed E-state index contributed by atoms with van der Waals surface area (Å²) in [6.45, 7) is 11.1. The van der Waals surface area contributed by atoms with Gasteiger partial charge in [0.15, 0.2) is 0 Å². The third kappa shape index (κ3) is 2.48. The normalized spacial score (nSPS) is 24.8. The predicted octanol–water partition coefficient (Wildman–Crippen LogP) is 2.99. The summed E-state index contributed by atoms with van der Waals surface area (Å²) < 4.78 is 5.91. The molecule has 1 fully saturated rings. The van der Waals surface area contributed by atoms with Gasteiger partial charge >= 0.3 is 0 Å². The molecular formula is C10H20O. The first-order chi connectivity index (χ1) is 4.83. The summed E-state index contributed by atoms with van der Waals surface area (Å²) in [4.78, 5) is 0. The Morgan fingerprint density at radius 2 is 1.73 bits per heavy atom. The second kappa shape index (κ2) is 2.48. The van der Waals surface area contributed by atoms with Crippen LogP contribution in [0.4, 0.5) is 0 Å². The highest BCUT2D eigenvalue weighted by Gasteiger charge is 2.41. The van der Waals surface area contributed by atoms with Gasteiger partial charge in [-0.1, -0.05) is 20.8 Å². The van der Waals surface area contributed by atoms with Crippen molar-refractivity contribution in [3.63, 3.8) is 0 Å². The molecule has 11 heavy (non-hydrogen) atoms. The molecule has 66 valence electrons. The van der Waals surface area contributed by atoms with Crippen LogP contribution in [0.5, 0.6) is 0 Å². The Bertz CT molecular complexity index is 139. The fraction of sp³-hybridized carbons (Fsp3) is 1.00. The number of rotatable bonds is 2. The lowest BCUT2D eigenvalue weighted by atomic mass is 9.90. The largest absolute Gasteiger partial charge is 0.372 e. The van der Waals surface area contributed by atoms with Crippen molar-refractivity contribution >= 4 is 0 Å². The molecule has 0 spiro atoms. The molecular weight excluding hydrogens is 136 g/mol. The zero-order chi connectivity index (χ0) is 8.70. The molecule has 0 aromatic rings. The van der Waals surface area contributed by atoms with Crippen LogP contribution in [-0.2, 0) is 4.74 Å². The van der Waals surface area contributed by atoms with E-state index in [0.29, 0.717) is 6.10 Å². The zero-order valence-corrected chi connectivity index (χ0v) is 8.40. The second-order valence-electron chi connectivity index (χ2n) is 5.08. The van der Waals surface area contributed by atoms with Gasteiger partial charge in [-0.05, 0) is 32.1 Å². The fourth-order valence-electron chi connectivity index (χ4n) is 0.897. The highest BCUT2D eigenvalue weighted by atomic mass is 16.5. The van der Waals surface area contributed by atoms with E-state index in [1.165, 1.54) is 12.8 Å². The van der Waals surface area contributed by atoms with Crippen LogP contribution in [0.15, 0.2) is 0 Å². The molecule has 0 aliphatic heterocycles. The number of ether oxygens (including phenoxy) is 1. The molecule has 1 saturated carbocycles. The fourth-order valence-corrected chi connectivity index (χ4v) is 0.897. The van der Waals surface area contributed by atoms with Gasteiger partial charge in [-0.25, -0.2) is 0 Å². The van der Waals surface area contributed by atoms with E-state index in [-0.39, 0.29) is 11.0 Å². The molecule has 0 amide bonds. The summed E-state index contributed by atoms with van der Waals surface area (Å²) in [5.74, 6) is 0. The first-order valence-corrected chi connectivity index (χ1v) is 4.51. The Morgan fingerprint density at radius 3 is 2.00 bits per heavy atom. The Morgan fingerprint density at radius 1 is 1.27 bits per heavy atom. The summed E-state index contributed by atoms with van der Waals surface area (Å²) in [7, 11) is 0. The first kappa shape index (κ1) is 9.05. The van der Waals surface area contributed by atoms with E-state index in [9.17, 15) is 0 Å². The van der Waals surface area contributed by atoms with Crippen LogP contribution in [0.3, 0.4) is 0 Å². The molecule has 1 nitrogen and oxygen atoms in total. The van der Waals surface area contributed by atoms with Crippen LogP contribution < -0.4 is 0 Å². The topological polar surface area (TPSA) is 9.23 Å². The summed E-state index contributed by atoms with van der Waals surface area (Å²) in [6.07, 6.45) is 2.86.